The van der Waals surface area contributed by atoms with Crippen LogP contribution in [0.5, 0.6) is 0 Å². The smallest absolute Gasteiger partial charge is 0.245 e. The minimum Gasteiger partial charge on any atom is -0.333 e. The Bertz CT molecular complexity index is 498. The zero-order chi connectivity index (χ0) is 16.2. The molecule has 0 saturated heterocycles. The van der Waals surface area contributed by atoms with Gasteiger partial charge in [-0.3, -0.25) is 9.59 Å². The van der Waals surface area contributed by atoms with Gasteiger partial charge in [0.15, 0.2) is 5.13 Å². The zero-order valence-electron chi connectivity index (χ0n) is 13.7. The lowest BCUT2D eigenvalue weighted by atomic mass is 9.94. The van der Waals surface area contributed by atoms with E-state index in [1.807, 2.05) is 41.5 Å². The minimum absolute atomic E-state index is 0.00833. The first kappa shape index (κ1) is 17.6. The normalized spacial score (nSPS) is 11.3. The van der Waals surface area contributed by atoms with E-state index in [0.717, 1.165) is 17.0 Å². The third-order valence-corrected chi connectivity index (χ3v) is 4.02. The predicted octanol–water partition coefficient (Wildman–Crippen LogP) is 2.98. The number of thiazole rings is 1. The second kappa shape index (κ2) is 7.02. The van der Waals surface area contributed by atoms with Crippen LogP contribution in [-0.2, 0) is 9.59 Å². The maximum Gasteiger partial charge on any atom is 0.245 e. The van der Waals surface area contributed by atoms with Gasteiger partial charge < -0.3 is 10.2 Å². The molecule has 6 heteroatoms. The Hall–Kier alpha value is -1.43. The van der Waals surface area contributed by atoms with Crippen molar-refractivity contribution in [1.29, 1.82) is 0 Å². The second-order valence-corrected chi connectivity index (χ2v) is 7.39. The first-order valence-electron chi connectivity index (χ1n) is 7.18. The van der Waals surface area contributed by atoms with Crippen molar-refractivity contribution in [3.8, 4) is 0 Å². The van der Waals surface area contributed by atoms with Crippen LogP contribution in [0.1, 0.15) is 44.7 Å². The number of carbonyl (C=O) groups excluding carboxylic acids is 2. The Morgan fingerprint density at radius 3 is 2.33 bits per heavy atom. The Labute approximate surface area is 130 Å². The van der Waals surface area contributed by atoms with Crippen molar-refractivity contribution in [2.24, 2.45) is 5.41 Å². The van der Waals surface area contributed by atoms with Crippen molar-refractivity contribution in [3.05, 3.63) is 10.6 Å². The summed E-state index contributed by atoms with van der Waals surface area (Å²) < 4.78 is 0. The van der Waals surface area contributed by atoms with E-state index in [4.69, 9.17) is 0 Å². The molecule has 118 valence electrons. The zero-order valence-corrected chi connectivity index (χ0v) is 14.6. The molecular formula is C15H25N3O2S. The number of aromatic nitrogens is 1. The quantitative estimate of drug-likeness (QED) is 0.909. The Balaban J connectivity index is 2.70. The Morgan fingerprint density at radius 2 is 1.90 bits per heavy atom. The molecule has 0 bridgehead atoms. The molecule has 0 atom stereocenters. The summed E-state index contributed by atoms with van der Waals surface area (Å²) in [6, 6.07) is 0. The van der Waals surface area contributed by atoms with E-state index in [2.05, 4.69) is 10.3 Å². The van der Waals surface area contributed by atoms with Crippen LogP contribution in [0.4, 0.5) is 5.13 Å². The Kier molecular flexibility index (Phi) is 5.89. The summed E-state index contributed by atoms with van der Waals surface area (Å²) in [6.07, 6.45) is 0.824. The second-order valence-electron chi connectivity index (χ2n) is 6.19. The van der Waals surface area contributed by atoms with Gasteiger partial charge in [-0.05, 0) is 20.3 Å². The molecule has 21 heavy (non-hydrogen) atoms. The lowest BCUT2D eigenvalue weighted by Gasteiger charge is -2.28. The molecule has 1 rings (SSSR count). The van der Waals surface area contributed by atoms with Crippen LogP contribution in [0.25, 0.3) is 0 Å². The molecule has 0 saturated carbocycles. The number of hydrogen-bond acceptors (Lipinski definition) is 4. The highest BCUT2D eigenvalue weighted by Gasteiger charge is 2.28. The third-order valence-electron chi connectivity index (χ3n) is 3.03. The number of rotatable bonds is 5. The van der Waals surface area contributed by atoms with Gasteiger partial charge in [0.05, 0.1) is 12.2 Å². The van der Waals surface area contributed by atoms with E-state index in [1.165, 1.54) is 11.3 Å². The summed E-state index contributed by atoms with van der Waals surface area (Å²) in [5.41, 5.74) is 0.440. The van der Waals surface area contributed by atoms with Crippen LogP contribution in [0.2, 0.25) is 0 Å². The van der Waals surface area contributed by atoms with Gasteiger partial charge in [0, 0.05) is 16.8 Å². The van der Waals surface area contributed by atoms with E-state index in [9.17, 15) is 9.59 Å². The van der Waals surface area contributed by atoms with E-state index in [0.29, 0.717) is 11.7 Å². The first-order chi connectivity index (χ1) is 9.65. The van der Waals surface area contributed by atoms with Gasteiger partial charge in [0.1, 0.15) is 0 Å². The largest absolute Gasteiger partial charge is 0.333 e. The van der Waals surface area contributed by atoms with Crippen molar-refractivity contribution < 1.29 is 9.59 Å². The maximum atomic E-state index is 12.3. The predicted molar refractivity (Wildman–Crippen MR) is 86.5 cm³/mol. The molecule has 2 amide bonds. The number of nitrogens with zero attached hydrogens (tertiary/aromatic N) is 2. The van der Waals surface area contributed by atoms with Crippen LogP contribution >= 0.6 is 11.3 Å². The van der Waals surface area contributed by atoms with Crippen LogP contribution in [-0.4, -0.2) is 34.8 Å². The molecule has 0 aliphatic rings. The summed E-state index contributed by atoms with van der Waals surface area (Å²) in [5.74, 6) is -0.208. The number of amides is 2. The fourth-order valence-electron chi connectivity index (χ4n) is 1.86. The van der Waals surface area contributed by atoms with Gasteiger partial charge in [-0.2, -0.15) is 0 Å². The summed E-state index contributed by atoms with van der Waals surface area (Å²) in [4.78, 5) is 31.4. The fraction of sp³-hybridized carbons (Fsp3) is 0.667. The fourth-order valence-corrected chi connectivity index (χ4v) is 2.69. The Morgan fingerprint density at radius 1 is 1.29 bits per heavy atom. The molecule has 1 aromatic heterocycles. The monoisotopic (exact) mass is 311 g/mol. The molecule has 0 aliphatic carbocycles. The lowest BCUT2D eigenvalue weighted by molar-refractivity contribution is -0.141. The van der Waals surface area contributed by atoms with E-state index in [-0.39, 0.29) is 18.4 Å². The average molecular weight is 311 g/mol. The molecule has 0 unspecified atom stereocenters. The van der Waals surface area contributed by atoms with E-state index in [1.54, 1.807) is 4.90 Å². The molecule has 1 heterocycles. The number of hydrogen-bond donors (Lipinski definition) is 1. The average Bonchev–Trinajstić information content (AvgIpc) is 2.65. The molecule has 0 fully saturated rings. The summed E-state index contributed by atoms with van der Waals surface area (Å²) in [5, 5.41) is 3.37. The summed E-state index contributed by atoms with van der Waals surface area (Å²) >= 11 is 1.45. The van der Waals surface area contributed by atoms with Crippen molar-refractivity contribution in [2.45, 2.75) is 48.0 Å². The topological polar surface area (TPSA) is 62.3 Å². The highest BCUT2D eigenvalue weighted by Crippen LogP contribution is 2.21. The minimum atomic E-state index is -0.482. The number of anilines is 1. The van der Waals surface area contributed by atoms with Crippen molar-refractivity contribution in [2.75, 3.05) is 18.4 Å². The highest BCUT2D eigenvalue weighted by molar-refractivity contribution is 7.15. The first-order valence-corrected chi connectivity index (χ1v) is 8.00. The SMILES string of the molecule is CCCN(CC(=O)Nc1nc(C)c(C)s1)C(=O)C(C)(C)C. The molecular weight excluding hydrogens is 286 g/mol. The standard InChI is InChI=1S/C15H25N3O2S/c1-7-8-18(13(20)15(4,5)6)9-12(19)17-14-16-10(2)11(3)21-14/h7-9H2,1-6H3,(H,16,17,19). The van der Waals surface area contributed by atoms with Gasteiger partial charge >= 0.3 is 0 Å². The van der Waals surface area contributed by atoms with Crippen molar-refractivity contribution >= 4 is 28.3 Å². The molecule has 0 aliphatic heterocycles. The maximum absolute atomic E-state index is 12.3. The summed E-state index contributed by atoms with van der Waals surface area (Å²) in [7, 11) is 0. The van der Waals surface area contributed by atoms with E-state index < -0.39 is 5.41 Å². The number of carbonyl (C=O) groups is 2. The van der Waals surface area contributed by atoms with E-state index >= 15 is 0 Å². The third kappa shape index (κ3) is 5.12. The molecule has 0 radical (unpaired) electrons. The number of nitrogens with one attached hydrogen (secondary N) is 1. The van der Waals surface area contributed by atoms with Gasteiger partial charge in [0.2, 0.25) is 11.8 Å². The van der Waals surface area contributed by atoms with Crippen LogP contribution in [0.3, 0.4) is 0 Å². The summed E-state index contributed by atoms with van der Waals surface area (Å²) in [6.45, 7) is 12.1. The van der Waals surface area contributed by atoms with Crippen molar-refractivity contribution in [3.63, 3.8) is 0 Å². The molecule has 0 spiro atoms. The lowest BCUT2D eigenvalue weighted by Crippen LogP contribution is -2.44. The molecule has 1 N–H and O–H groups in total. The van der Waals surface area contributed by atoms with Crippen LogP contribution in [0, 0.1) is 19.3 Å². The van der Waals surface area contributed by atoms with Crippen molar-refractivity contribution in [1.82, 2.24) is 9.88 Å². The molecule has 0 aromatic carbocycles. The number of aryl methyl sites for hydroxylation is 2. The van der Waals surface area contributed by atoms with Gasteiger partial charge in [-0.15, -0.1) is 11.3 Å². The van der Waals surface area contributed by atoms with Crippen LogP contribution in [0.15, 0.2) is 0 Å². The molecule has 5 nitrogen and oxygen atoms in total. The van der Waals surface area contributed by atoms with Gasteiger partial charge in [-0.25, -0.2) is 4.98 Å². The van der Waals surface area contributed by atoms with Crippen LogP contribution < -0.4 is 5.32 Å². The highest BCUT2D eigenvalue weighted by atomic mass is 32.1. The van der Waals surface area contributed by atoms with Gasteiger partial charge in [0.25, 0.3) is 0 Å². The molecule has 1 aromatic rings. The van der Waals surface area contributed by atoms with Gasteiger partial charge in [-0.1, -0.05) is 27.7 Å².